The lowest BCUT2D eigenvalue weighted by Crippen LogP contribution is -2.33. The van der Waals surface area contributed by atoms with Gasteiger partial charge in [-0.05, 0) is 75.8 Å². The second kappa shape index (κ2) is 16.6. The molecule has 68 heavy (non-hydrogen) atoms. The molecule has 320 valence electrons. The van der Waals surface area contributed by atoms with Gasteiger partial charge in [-0.2, -0.15) is 0 Å². The molecule has 0 amide bonds. The molecule has 1 aliphatic heterocycles. The zero-order valence-corrected chi connectivity index (χ0v) is 37.6. The van der Waals surface area contributed by atoms with Gasteiger partial charge in [0.25, 0.3) is 0 Å². The zero-order chi connectivity index (χ0) is 45.0. The van der Waals surface area contributed by atoms with E-state index < -0.39 is 0 Å². The topological polar surface area (TPSA) is 54.6 Å². The van der Waals surface area contributed by atoms with Crippen molar-refractivity contribution in [2.75, 3.05) is 0 Å². The molecule has 13 rings (SSSR count). The lowest BCUT2D eigenvalue weighted by atomic mass is 9.92. The summed E-state index contributed by atoms with van der Waals surface area (Å²) >= 11 is 1.84. The number of benzene rings is 9. The summed E-state index contributed by atoms with van der Waals surface area (Å²) in [5.41, 5.74) is 14.9. The smallest absolute Gasteiger partial charge is 0.161 e. The Balaban J connectivity index is 1.08. The van der Waals surface area contributed by atoms with E-state index in [-0.39, 0.29) is 6.17 Å². The second-order valence-corrected chi connectivity index (χ2v) is 18.2. The first-order valence-electron chi connectivity index (χ1n) is 23.0. The minimum Gasteiger partial charge on any atom is -0.344 e. The Morgan fingerprint density at radius 2 is 0.985 bits per heavy atom. The van der Waals surface area contributed by atoms with Crippen molar-refractivity contribution < 1.29 is 0 Å². The molecule has 5 nitrogen and oxygen atoms in total. The molecule has 0 saturated carbocycles. The number of thiophene rings is 1. The molecule has 0 spiro atoms. The van der Waals surface area contributed by atoms with Crippen LogP contribution in [-0.2, 0) is 0 Å². The minimum atomic E-state index is -0.380. The highest BCUT2D eigenvalue weighted by Crippen LogP contribution is 2.46. The highest BCUT2D eigenvalue weighted by Gasteiger charge is 2.26. The Bertz CT molecular complexity index is 3860. The average Bonchev–Trinajstić information content (AvgIpc) is 3.98. The van der Waals surface area contributed by atoms with E-state index >= 15 is 0 Å². The number of fused-ring (bicyclic) bond motifs is 7. The fraction of sp³-hybridized carbons (Fsp3) is 0.0161. The molecule has 1 N–H and O–H groups in total. The van der Waals surface area contributed by atoms with Crippen molar-refractivity contribution in [1.82, 2.24) is 14.9 Å². The molecule has 1 unspecified atom stereocenters. The van der Waals surface area contributed by atoms with E-state index in [4.69, 9.17) is 15.0 Å². The van der Waals surface area contributed by atoms with Crippen LogP contribution in [0.4, 0.5) is 0 Å². The maximum Gasteiger partial charge on any atom is 0.161 e. The molecule has 9 aromatic carbocycles. The van der Waals surface area contributed by atoms with Crippen LogP contribution in [0.3, 0.4) is 0 Å². The van der Waals surface area contributed by atoms with Gasteiger partial charge in [0.05, 0.1) is 21.4 Å². The Hall–Kier alpha value is -8.71. The number of aromatic nitrogens is 2. The number of hydrogen-bond acceptors (Lipinski definition) is 5. The Morgan fingerprint density at radius 1 is 0.426 bits per heavy atom. The third-order valence-corrected chi connectivity index (χ3v) is 14.3. The molecule has 0 saturated heterocycles. The maximum atomic E-state index is 5.51. The third-order valence-electron chi connectivity index (χ3n) is 13.1. The van der Waals surface area contributed by atoms with Crippen LogP contribution in [0.15, 0.2) is 247 Å². The fourth-order valence-electron chi connectivity index (χ4n) is 9.85. The molecule has 1 atom stereocenters. The van der Waals surface area contributed by atoms with Gasteiger partial charge in [-0.3, -0.25) is 4.98 Å². The summed E-state index contributed by atoms with van der Waals surface area (Å²) in [4.78, 5) is 16.4. The van der Waals surface area contributed by atoms with Gasteiger partial charge in [-0.1, -0.05) is 188 Å². The number of para-hydroxylation sites is 2. The molecule has 0 bridgehead atoms. The normalized spacial score (nSPS) is 13.7. The molecular formula is C62H41N5S. The number of aliphatic imine (C=N–C) groups is 2. The molecule has 0 fully saturated rings. The van der Waals surface area contributed by atoms with E-state index in [0.717, 1.165) is 72.9 Å². The summed E-state index contributed by atoms with van der Waals surface area (Å²) in [7, 11) is 0. The van der Waals surface area contributed by atoms with Crippen molar-refractivity contribution in [2.45, 2.75) is 6.17 Å². The SMILES string of the molecule is c1ccc(C2=NC(c3cc(-c4cc(-c5ccccc5)cc(-c5ccccc5)c4)cnc3-c3cccc4c3sc3c4ccc4c5ccccc5n(-c5ccccc5)c43)=NC(c3ccccc3)N2)cc1. The van der Waals surface area contributed by atoms with Crippen molar-refractivity contribution in [3.63, 3.8) is 0 Å². The molecule has 4 heterocycles. The number of pyridine rings is 1. The molecule has 3 aromatic heterocycles. The van der Waals surface area contributed by atoms with E-state index in [2.05, 4.69) is 228 Å². The van der Waals surface area contributed by atoms with Crippen LogP contribution in [0.25, 0.3) is 92.3 Å². The third kappa shape index (κ3) is 6.89. The Kier molecular flexibility index (Phi) is 9.69. The lowest BCUT2D eigenvalue weighted by molar-refractivity contribution is 0.674. The van der Waals surface area contributed by atoms with Gasteiger partial charge in [-0.15, -0.1) is 11.3 Å². The van der Waals surface area contributed by atoms with Crippen LogP contribution in [-0.4, -0.2) is 21.2 Å². The van der Waals surface area contributed by atoms with Crippen LogP contribution in [0.1, 0.15) is 22.9 Å². The fourth-order valence-corrected chi connectivity index (χ4v) is 11.2. The van der Waals surface area contributed by atoms with Crippen molar-refractivity contribution in [2.24, 2.45) is 9.98 Å². The monoisotopic (exact) mass is 887 g/mol. The van der Waals surface area contributed by atoms with Crippen molar-refractivity contribution in [1.29, 1.82) is 0 Å². The van der Waals surface area contributed by atoms with Gasteiger partial charge in [0.15, 0.2) is 5.84 Å². The highest BCUT2D eigenvalue weighted by molar-refractivity contribution is 7.27. The lowest BCUT2D eigenvalue weighted by Gasteiger charge is -2.24. The number of amidine groups is 2. The zero-order valence-electron chi connectivity index (χ0n) is 36.8. The van der Waals surface area contributed by atoms with Crippen molar-refractivity contribution in [3.8, 4) is 50.3 Å². The number of nitrogens with zero attached hydrogens (tertiary/aromatic N) is 4. The quantitative estimate of drug-likeness (QED) is 0.165. The molecule has 0 aliphatic carbocycles. The summed E-state index contributed by atoms with van der Waals surface area (Å²) in [6.07, 6.45) is 1.66. The van der Waals surface area contributed by atoms with E-state index in [1.54, 1.807) is 0 Å². The highest BCUT2D eigenvalue weighted by atomic mass is 32.1. The van der Waals surface area contributed by atoms with Gasteiger partial charge in [-0.25, -0.2) is 9.98 Å². The van der Waals surface area contributed by atoms with Gasteiger partial charge in [0, 0.05) is 60.4 Å². The standard InChI is InChI=1S/C62H41N5S/c1-6-19-40(20-7-1)44-35-45(41-21-8-2-9-22-41)37-46(36-44)47-38-54(62-65-60(42-23-10-3-11-24-42)64-61(66-62)43-25-12-4-13-26-43)56(63-39-47)53-31-18-30-51-52-34-33-50-49-29-16-17-32-55(49)67(48-27-14-5-15-28-48)57(50)59(52)68-58(51)53/h1-39,60H,(H,64,65,66). The molecule has 6 heteroatoms. The number of nitrogens with one attached hydrogen (secondary N) is 1. The van der Waals surface area contributed by atoms with E-state index in [1.165, 1.54) is 42.0 Å². The predicted octanol–water partition coefficient (Wildman–Crippen LogP) is 15.7. The first-order chi connectivity index (χ1) is 33.7. The second-order valence-electron chi connectivity index (χ2n) is 17.2. The summed E-state index contributed by atoms with van der Waals surface area (Å²) in [6.45, 7) is 0. The molecular weight excluding hydrogens is 847 g/mol. The van der Waals surface area contributed by atoms with Crippen molar-refractivity contribution in [3.05, 3.63) is 253 Å². The molecule has 12 aromatic rings. The first-order valence-corrected chi connectivity index (χ1v) is 23.8. The van der Waals surface area contributed by atoms with Crippen LogP contribution >= 0.6 is 11.3 Å². The van der Waals surface area contributed by atoms with Gasteiger partial charge in [0.2, 0.25) is 0 Å². The van der Waals surface area contributed by atoms with Gasteiger partial charge < -0.3 is 9.88 Å². The van der Waals surface area contributed by atoms with E-state index in [0.29, 0.717) is 5.84 Å². The first kappa shape index (κ1) is 39.6. The maximum absolute atomic E-state index is 5.51. The minimum absolute atomic E-state index is 0.380. The average molecular weight is 888 g/mol. The van der Waals surface area contributed by atoms with Crippen LogP contribution in [0.2, 0.25) is 0 Å². The predicted molar refractivity (Wildman–Crippen MR) is 285 cm³/mol. The molecule has 1 aliphatic rings. The number of rotatable bonds is 8. The summed E-state index contributed by atoms with van der Waals surface area (Å²) in [5.74, 6) is 1.38. The Morgan fingerprint density at radius 3 is 1.68 bits per heavy atom. The van der Waals surface area contributed by atoms with Gasteiger partial charge in [0.1, 0.15) is 12.0 Å². The summed E-state index contributed by atoms with van der Waals surface area (Å²) in [5, 5.41) is 8.56. The summed E-state index contributed by atoms with van der Waals surface area (Å²) < 4.78 is 4.84. The van der Waals surface area contributed by atoms with Crippen LogP contribution in [0.5, 0.6) is 0 Å². The number of hydrogen-bond donors (Lipinski definition) is 1. The van der Waals surface area contributed by atoms with Crippen LogP contribution in [0, 0.1) is 0 Å². The summed E-state index contributed by atoms with van der Waals surface area (Å²) in [6, 6.07) is 81.8. The largest absolute Gasteiger partial charge is 0.344 e. The van der Waals surface area contributed by atoms with Crippen molar-refractivity contribution >= 4 is 65.0 Å². The van der Waals surface area contributed by atoms with Crippen LogP contribution < -0.4 is 5.32 Å². The molecule has 0 radical (unpaired) electrons. The van der Waals surface area contributed by atoms with Gasteiger partial charge >= 0.3 is 0 Å². The Labute approximate surface area is 397 Å². The van der Waals surface area contributed by atoms with E-state index in [9.17, 15) is 0 Å². The van der Waals surface area contributed by atoms with E-state index in [1.807, 2.05) is 29.7 Å².